The highest BCUT2D eigenvalue weighted by molar-refractivity contribution is 6.16. The summed E-state index contributed by atoms with van der Waals surface area (Å²) in [5.41, 5.74) is 7.97. The quantitative estimate of drug-likeness (QED) is 0.163. The number of rotatable bonds is 11. The molecule has 4 aromatic rings. The number of benzene rings is 2. The third kappa shape index (κ3) is 6.29. The van der Waals surface area contributed by atoms with Gasteiger partial charge in [-0.25, -0.2) is 24.3 Å². The molecule has 0 aliphatic heterocycles. The van der Waals surface area contributed by atoms with Crippen molar-refractivity contribution in [1.29, 1.82) is 5.41 Å². The van der Waals surface area contributed by atoms with E-state index in [1.165, 1.54) is 18.5 Å². The van der Waals surface area contributed by atoms with Gasteiger partial charge in [-0.1, -0.05) is 0 Å². The molecule has 1 saturated carbocycles. The minimum Gasteiger partial charge on any atom is -0.489 e. The van der Waals surface area contributed by atoms with E-state index >= 15 is 0 Å². The van der Waals surface area contributed by atoms with Gasteiger partial charge < -0.3 is 25.8 Å². The van der Waals surface area contributed by atoms with E-state index < -0.39 is 5.82 Å². The molecule has 2 heterocycles. The fraction of sp³-hybridized carbons (Fsp3) is 0.214. The Balaban J connectivity index is 1.25. The predicted octanol–water partition coefficient (Wildman–Crippen LogP) is 3.77. The lowest BCUT2D eigenvalue weighted by Crippen LogP contribution is -2.47. The minimum atomic E-state index is -0.509. The van der Waals surface area contributed by atoms with Crippen molar-refractivity contribution in [2.24, 2.45) is 0 Å². The minimum absolute atomic E-state index is 0.0967. The normalized spacial score (nSPS) is 15.9. The topological polar surface area (TPSA) is 161 Å². The third-order valence-corrected chi connectivity index (χ3v) is 6.37. The average Bonchev–Trinajstić information content (AvgIpc) is 2.91. The first-order valence-corrected chi connectivity index (χ1v) is 12.5. The highest BCUT2D eigenvalue weighted by atomic mass is 19.1. The highest BCUT2D eigenvalue weighted by Gasteiger charge is 2.30. The van der Waals surface area contributed by atoms with Crippen LogP contribution >= 0.6 is 0 Å². The Hall–Kier alpha value is -5.13. The lowest BCUT2D eigenvalue weighted by Gasteiger charge is -2.36. The van der Waals surface area contributed by atoms with E-state index in [9.17, 15) is 9.18 Å². The zero-order valence-corrected chi connectivity index (χ0v) is 21.6. The molecular formula is C28H27FN8O3. The number of nitrogens with two attached hydrogens (primary N) is 1. The van der Waals surface area contributed by atoms with Gasteiger partial charge in [-0.05, 0) is 44.0 Å². The largest absolute Gasteiger partial charge is 0.489 e. The summed E-state index contributed by atoms with van der Waals surface area (Å²) < 4.78 is 25.8. The fourth-order valence-electron chi connectivity index (χ4n) is 4.23. The molecule has 1 aliphatic rings. The maximum atomic E-state index is 14.3. The van der Waals surface area contributed by atoms with E-state index in [2.05, 4.69) is 30.6 Å². The van der Waals surface area contributed by atoms with E-state index in [1.807, 2.05) is 0 Å². The van der Waals surface area contributed by atoms with E-state index in [1.54, 1.807) is 49.6 Å². The van der Waals surface area contributed by atoms with E-state index in [0.717, 1.165) is 18.4 Å². The van der Waals surface area contributed by atoms with E-state index in [-0.39, 0.29) is 36.0 Å². The summed E-state index contributed by atoms with van der Waals surface area (Å²) in [6.45, 7) is 1.97. The molecule has 0 spiro atoms. The molecule has 11 nitrogen and oxygen atoms in total. The standard InChI is InChI=1S/C28H27FN8O3/c1-16-32-11-17(12-33-16)13-39-23-6-19(29)7-24(10-23)40-22-4-2-18(3-5-22)26(30)25-27(31)34-14-35-28(25)37-21-8-20(9-21)36-15-38/h2-7,10-12,14-15,20-21,30H,8-9,13H2,1H3,(H,36,38)(H3,31,34,35,37). The molecule has 0 saturated heterocycles. The smallest absolute Gasteiger partial charge is 0.207 e. The number of nitrogens with zero attached hydrogens (tertiary/aromatic N) is 4. The number of amides is 1. The van der Waals surface area contributed by atoms with E-state index in [0.29, 0.717) is 40.7 Å². The van der Waals surface area contributed by atoms with Crippen molar-refractivity contribution in [1.82, 2.24) is 25.3 Å². The van der Waals surface area contributed by atoms with Crippen LogP contribution in [0.5, 0.6) is 17.2 Å². The summed E-state index contributed by atoms with van der Waals surface area (Å²) >= 11 is 0. The molecule has 204 valence electrons. The third-order valence-electron chi connectivity index (χ3n) is 6.37. The number of hydrogen-bond donors (Lipinski definition) is 4. The summed E-state index contributed by atoms with van der Waals surface area (Å²) in [7, 11) is 0. The van der Waals surface area contributed by atoms with Crippen LogP contribution in [0.1, 0.15) is 35.4 Å². The molecule has 40 heavy (non-hydrogen) atoms. The molecule has 12 heteroatoms. The van der Waals surface area contributed by atoms with Gasteiger partial charge in [0.25, 0.3) is 0 Å². The van der Waals surface area contributed by atoms with Gasteiger partial charge in [0.2, 0.25) is 6.41 Å². The van der Waals surface area contributed by atoms with Crippen LogP contribution in [0.2, 0.25) is 0 Å². The Morgan fingerprint density at radius 1 is 1.05 bits per heavy atom. The lowest BCUT2D eigenvalue weighted by molar-refractivity contribution is -0.110. The molecule has 1 fully saturated rings. The molecule has 2 aromatic heterocycles. The van der Waals surface area contributed by atoms with Crippen molar-refractivity contribution in [2.45, 2.75) is 38.5 Å². The van der Waals surface area contributed by atoms with E-state index in [4.69, 9.17) is 20.6 Å². The number of carbonyl (C=O) groups is 1. The number of nitrogens with one attached hydrogen (secondary N) is 3. The molecule has 5 N–H and O–H groups in total. The number of aryl methyl sites for hydroxylation is 1. The summed E-state index contributed by atoms with van der Waals surface area (Å²) in [6.07, 6.45) is 6.84. The van der Waals surface area contributed by atoms with Gasteiger partial charge in [0, 0.05) is 53.8 Å². The molecule has 5 rings (SSSR count). The van der Waals surface area contributed by atoms with Crippen LogP contribution in [-0.4, -0.2) is 44.1 Å². The van der Waals surface area contributed by atoms with Gasteiger partial charge in [0.05, 0.1) is 11.3 Å². The van der Waals surface area contributed by atoms with Gasteiger partial charge >= 0.3 is 0 Å². The molecule has 0 unspecified atom stereocenters. The van der Waals surface area contributed by atoms with Gasteiger partial charge in [-0.2, -0.15) is 0 Å². The monoisotopic (exact) mass is 542 g/mol. The van der Waals surface area contributed by atoms with Crippen molar-refractivity contribution < 1.29 is 18.7 Å². The number of ether oxygens (including phenoxy) is 2. The van der Waals surface area contributed by atoms with Crippen molar-refractivity contribution in [3.8, 4) is 17.2 Å². The number of nitrogen functional groups attached to an aromatic ring is 1. The Labute approximate surface area is 229 Å². The second-order valence-electron chi connectivity index (χ2n) is 9.33. The molecule has 0 bridgehead atoms. The summed E-state index contributed by atoms with van der Waals surface area (Å²) in [5, 5.41) is 14.8. The van der Waals surface area contributed by atoms with Gasteiger partial charge in [0.15, 0.2) is 0 Å². The van der Waals surface area contributed by atoms with Crippen molar-refractivity contribution in [2.75, 3.05) is 11.1 Å². The first kappa shape index (κ1) is 26.5. The summed E-state index contributed by atoms with van der Waals surface area (Å²) in [4.78, 5) is 27.2. The van der Waals surface area contributed by atoms with Crippen LogP contribution in [0.25, 0.3) is 0 Å². The second kappa shape index (κ2) is 11.7. The van der Waals surface area contributed by atoms with Crippen LogP contribution in [0, 0.1) is 18.2 Å². The Bertz CT molecular complexity index is 1510. The fourth-order valence-corrected chi connectivity index (χ4v) is 4.23. The Morgan fingerprint density at radius 2 is 1.77 bits per heavy atom. The van der Waals surface area contributed by atoms with Gasteiger partial charge in [-0.3, -0.25) is 10.2 Å². The summed E-state index contributed by atoms with van der Waals surface area (Å²) in [5.74, 6) is 1.78. The number of halogens is 1. The van der Waals surface area contributed by atoms with Crippen LogP contribution in [-0.2, 0) is 11.4 Å². The van der Waals surface area contributed by atoms with Gasteiger partial charge in [0.1, 0.15) is 53.5 Å². The highest BCUT2D eigenvalue weighted by Crippen LogP contribution is 2.30. The van der Waals surface area contributed by atoms with Crippen molar-refractivity contribution in [3.05, 3.63) is 89.5 Å². The Kier molecular flexibility index (Phi) is 7.76. The number of anilines is 2. The Morgan fingerprint density at radius 3 is 2.50 bits per heavy atom. The summed E-state index contributed by atoms with van der Waals surface area (Å²) in [6, 6.07) is 11.1. The lowest BCUT2D eigenvalue weighted by atomic mass is 9.86. The van der Waals surface area contributed by atoms with Crippen molar-refractivity contribution >= 4 is 23.8 Å². The first-order valence-electron chi connectivity index (χ1n) is 12.5. The zero-order valence-electron chi connectivity index (χ0n) is 21.6. The second-order valence-corrected chi connectivity index (χ2v) is 9.33. The zero-order chi connectivity index (χ0) is 28.1. The van der Waals surface area contributed by atoms with Crippen molar-refractivity contribution in [3.63, 3.8) is 0 Å². The number of hydrogen-bond acceptors (Lipinski definition) is 10. The maximum Gasteiger partial charge on any atom is 0.207 e. The van der Waals surface area contributed by atoms with Crippen LogP contribution in [0.4, 0.5) is 16.0 Å². The van der Waals surface area contributed by atoms with Crippen LogP contribution in [0.15, 0.2) is 61.2 Å². The molecule has 2 aromatic carbocycles. The SMILES string of the molecule is Cc1ncc(COc2cc(F)cc(Oc3ccc(C(=N)c4c(N)ncnc4NC4CC(NC=O)C4)cc3)c2)cn1. The molecule has 0 radical (unpaired) electrons. The molecule has 0 atom stereocenters. The maximum absolute atomic E-state index is 14.3. The number of carbonyl (C=O) groups excluding carboxylic acids is 1. The molecule has 1 aliphatic carbocycles. The average molecular weight is 543 g/mol. The predicted molar refractivity (Wildman–Crippen MR) is 146 cm³/mol. The van der Waals surface area contributed by atoms with Crippen LogP contribution in [0.3, 0.4) is 0 Å². The first-order chi connectivity index (χ1) is 19.4. The van der Waals surface area contributed by atoms with Gasteiger partial charge in [-0.15, -0.1) is 0 Å². The number of aromatic nitrogens is 4. The molecule has 1 amide bonds. The molecular weight excluding hydrogens is 515 g/mol. The van der Waals surface area contributed by atoms with Crippen LogP contribution < -0.4 is 25.8 Å².